The SMILES string of the molecule is CCCCOC1CC(CNC)C1. The molecule has 0 heterocycles. The molecule has 0 aliphatic heterocycles. The largest absolute Gasteiger partial charge is 0.378 e. The Morgan fingerprint density at radius 3 is 2.75 bits per heavy atom. The fourth-order valence-corrected chi connectivity index (χ4v) is 1.66. The van der Waals surface area contributed by atoms with Crippen LogP contribution in [0, 0.1) is 5.92 Å². The smallest absolute Gasteiger partial charge is 0.0581 e. The van der Waals surface area contributed by atoms with Crippen LogP contribution in [-0.4, -0.2) is 26.3 Å². The summed E-state index contributed by atoms with van der Waals surface area (Å²) in [7, 11) is 2.02. The first-order chi connectivity index (χ1) is 5.86. The van der Waals surface area contributed by atoms with Gasteiger partial charge in [0.2, 0.25) is 0 Å². The lowest BCUT2D eigenvalue weighted by molar-refractivity contribution is -0.0303. The molecule has 0 radical (unpaired) electrons. The van der Waals surface area contributed by atoms with E-state index >= 15 is 0 Å². The summed E-state index contributed by atoms with van der Waals surface area (Å²) >= 11 is 0. The quantitative estimate of drug-likeness (QED) is 0.615. The third kappa shape index (κ3) is 3.11. The highest BCUT2D eigenvalue weighted by Gasteiger charge is 2.28. The van der Waals surface area contributed by atoms with Crippen molar-refractivity contribution in [1.82, 2.24) is 5.32 Å². The summed E-state index contributed by atoms with van der Waals surface area (Å²) in [5.74, 6) is 0.877. The first-order valence-corrected chi connectivity index (χ1v) is 5.13. The average molecular weight is 171 g/mol. The third-order valence-corrected chi connectivity index (χ3v) is 2.54. The van der Waals surface area contributed by atoms with Crippen molar-refractivity contribution in [3.8, 4) is 0 Å². The number of hydrogen-bond donors (Lipinski definition) is 1. The van der Waals surface area contributed by atoms with Crippen LogP contribution in [0.15, 0.2) is 0 Å². The molecule has 1 saturated carbocycles. The topological polar surface area (TPSA) is 21.3 Å². The number of hydrogen-bond acceptors (Lipinski definition) is 2. The van der Waals surface area contributed by atoms with E-state index in [4.69, 9.17) is 4.74 Å². The molecule has 0 saturated heterocycles. The molecule has 0 aromatic carbocycles. The Morgan fingerprint density at radius 1 is 1.42 bits per heavy atom. The van der Waals surface area contributed by atoms with Gasteiger partial charge in [-0.05, 0) is 38.8 Å². The van der Waals surface area contributed by atoms with Gasteiger partial charge in [-0.3, -0.25) is 0 Å². The number of rotatable bonds is 6. The summed E-state index contributed by atoms with van der Waals surface area (Å²) in [5, 5.41) is 3.20. The molecule has 1 aliphatic carbocycles. The Balaban J connectivity index is 1.88. The first-order valence-electron chi connectivity index (χ1n) is 5.13. The molecule has 72 valence electrons. The van der Waals surface area contributed by atoms with E-state index < -0.39 is 0 Å². The Bertz CT molecular complexity index is 108. The molecule has 2 heteroatoms. The predicted octanol–water partition coefficient (Wildman–Crippen LogP) is 1.80. The van der Waals surface area contributed by atoms with E-state index in [9.17, 15) is 0 Å². The summed E-state index contributed by atoms with van der Waals surface area (Å²) < 4.78 is 5.67. The summed E-state index contributed by atoms with van der Waals surface area (Å²) in [4.78, 5) is 0. The van der Waals surface area contributed by atoms with E-state index in [1.54, 1.807) is 0 Å². The highest BCUT2D eigenvalue weighted by molar-refractivity contribution is 4.81. The Kier molecular flexibility index (Phi) is 4.62. The maximum absolute atomic E-state index is 5.67. The van der Waals surface area contributed by atoms with Gasteiger partial charge in [0.1, 0.15) is 0 Å². The van der Waals surface area contributed by atoms with Crippen LogP contribution in [0.3, 0.4) is 0 Å². The van der Waals surface area contributed by atoms with Gasteiger partial charge in [0.05, 0.1) is 6.10 Å². The van der Waals surface area contributed by atoms with Gasteiger partial charge >= 0.3 is 0 Å². The van der Waals surface area contributed by atoms with Gasteiger partial charge in [-0.25, -0.2) is 0 Å². The molecule has 0 aromatic heterocycles. The highest BCUT2D eigenvalue weighted by atomic mass is 16.5. The van der Waals surface area contributed by atoms with Crippen molar-refractivity contribution in [2.75, 3.05) is 20.2 Å². The second-order valence-electron chi connectivity index (χ2n) is 3.74. The van der Waals surface area contributed by atoms with Crippen LogP contribution in [0.2, 0.25) is 0 Å². The monoisotopic (exact) mass is 171 g/mol. The van der Waals surface area contributed by atoms with Crippen molar-refractivity contribution in [2.24, 2.45) is 5.92 Å². The molecule has 12 heavy (non-hydrogen) atoms. The maximum Gasteiger partial charge on any atom is 0.0581 e. The molecule has 0 amide bonds. The molecule has 1 fully saturated rings. The molecule has 1 N–H and O–H groups in total. The zero-order chi connectivity index (χ0) is 8.81. The second kappa shape index (κ2) is 5.55. The molecule has 0 atom stereocenters. The summed E-state index contributed by atoms with van der Waals surface area (Å²) in [6.45, 7) is 4.33. The van der Waals surface area contributed by atoms with Gasteiger partial charge < -0.3 is 10.1 Å². The van der Waals surface area contributed by atoms with Crippen molar-refractivity contribution in [3.63, 3.8) is 0 Å². The molecular formula is C10H21NO. The summed E-state index contributed by atoms with van der Waals surface area (Å²) in [5.41, 5.74) is 0. The number of ether oxygens (including phenoxy) is 1. The van der Waals surface area contributed by atoms with Gasteiger partial charge in [-0.1, -0.05) is 13.3 Å². The molecular weight excluding hydrogens is 150 g/mol. The number of nitrogens with one attached hydrogen (secondary N) is 1. The van der Waals surface area contributed by atoms with E-state index in [1.807, 2.05) is 7.05 Å². The molecule has 0 unspecified atom stereocenters. The molecule has 1 aliphatic rings. The fraction of sp³-hybridized carbons (Fsp3) is 1.00. The van der Waals surface area contributed by atoms with Crippen LogP contribution in [0.25, 0.3) is 0 Å². The normalized spacial score (nSPS) is 28.5. The highest BCUT2D eigenvalue weighted by Crippen LogP contribution is 2.29. The predicted molar refractivity (Wildman–Crippen MR) is 51.3 cm³/mol. The van der Waals surface area contributed by atoms with Crippen molar-refractivity contribution in [3.05, 3.63) is 0 Å². The van der Waals surface area contributed by atoms with Crippen LogP contribution >= 0.6 is 0 Å². The minimum Gasteiger partial charge on any atom is -0.378 e. The lowest BCUT2D eigenvalue weighted by Crippen LogP contribution is -2.37. The Hall–Kier alpha value is -0.0800. The second-order valence-corrected chi connectivity index (χ2v) is 3.74. The lowest BCUT2D eigenvalue weighted by atomic mass is 9.82. The standard InChI is InChI=1S/C10H21NO/c1-3-4-5-12-10-6-9(7-10)8-11-2/h9-11H,3-8H2,1-2H3. The van der Waals surface area contributed by atoms with Crippen molar-refractivity contribution in [2.45, 2.75) is 38.7 Å². The minimum atomic E-state index is 0.579. The third-order valence-electron chi connectivity index (χ3n) is 2.54. The van der Waals surface area contributed by atoms with Crippen LogP contribution in [0.4, 0.5) is 0 Å². The molecule has 0 spiro atoms. The van der Waals surface area contributed by atoms with Crippen molar-refractivity contribution < 1.29 is 4.74 Å². The molecule has 2 nitrogen and oxygen atoms in total. The van der Waals surface area contributed by atoms with E-state index in [2.05, 4.69) is 12.2 Å². The van der Waals surface area contributed by atoms with E-state index in [-0.39, 0.29) is 0 Å². The minimum absolute atomic E-state index is 0.579. The van der Waals surface area contributed by atoms with Crippen molar-refractivity contribution in [1.29, 1.82) is 0 Å². The van der Waals surface area contributed by atoms with Gasteiger partial charge in [0, 0.05) is 6.61 Å². The van der Waals surface area contributed by atoms with Gasteiger partial charge in [0.15, 0.2) is 0 Å². The van der Waals surface area contributed by atoms with Crippen LogP contribution in [0.1, 0.15) is 32.6 Å². The molecule has 1 rings (SSSR count). The first kappa shape index (κ1) is 10.0. The summed E-state index contributed by atoms with van der Waals surface area (Å²) in [6.07, 6.45) is 5.57. The Morgan fingerprint density at radius 2 is 2.17 bits per heavy atom. The van der Waals surface area contributed by atoms with Crippen LogP contribution < -0.4 is 5.32 Å². The maximum atomic E-state index is 5.67. The molecule has 0 aromatic rings. The fourth-order valence-electron chi connectivity index (χ4n) is 1.66. The van der Waals surface area contributed by atoms with Crippen LogP contribution in [0.5, 0.6) is 0 Å². The van der Waals surface area contributed by atoms with E-state index in [1.165, 1.54) is 25.7 Å². The van der Waals surface area contributed by atoms with E-state index in [0.717, 1.165) is 19.1 Å². The Labute approximate surface area is 75.7 Å². The molecule has 0 bridgehead atoms. The van der Waals surface area contributed by atoms with Crippen molar-refractivity contribution >= 4 is 0 Å². The zero-order valence-electron chi connectivity index (χ0n) is 8.31. The summed E-state index contributed by atoms with van der Waals surface area (Å²) in [6, 6.07) is 0. The zero-order valence-corrected chi connectivity index (χ0v) is 8.31. The average Bonchev–Trinajstić information content (AvgIpc) is 2.00. The lowest BCUT2D eigenvalue weighted by Gasteiger charge is -2.35. The van der Waals surface area contributed by atoms with Crippen LogP contribution in [-0.2, 0) is 4.74 Å². The van der Waals surface area contributed by atoms with Gasteiger partial charge in [-0.15, -0.1) is 0 Å². The number of unbranched alkanes of at least 4 members (excludes halogenated alkanes) is 1. The van der Waals surface area contributed by atoms with Gasteiger partial charge in [-0.2, -0.15) is 0 Å². The van der Waals surface area contributed by atoms with Gasteiger partial charge in [0.25, 0.3) is 0 Å². The van der Waals surface area contributed by atoms with E-state index in [0.29, 0.717) is 6.10 Å².